The lowest BCUT2D eigenvalue weighted by Gasteiger charge is -2.12. The summed E-state index contributed by atoms with van der Waals surface area (Å²) in [5, 5.41) is 3.37. The van der Waals surface area contributed by atoms with Gasteiger partial charge in [0.1, 0.15) is 5.82 Å². The molecule has 0 fully saturated rings. The van der Waals surface area contributed by atoms with Gasteiger partial charge < -0.3 is 11.1 Å². The fourth-order valence-electron chi connectivity index (χ4n) is 2.40. The lowest BCUT2D eigenvalue weighted by molar-refractivity contribution is 1.02. The minimum Gasteiger partial charge on any atom is -0.366 e. The zero-order valence-electron chi connectivity index (χ0n) is 12.4. The molecule has 1 heterocycles. The Balaban J connectivity index is 1.80. The molecule has 1 aromatic heterocycles. The molecule has 110 valence electrons. The summed E-state index contributed by atoms with van der Waals surface area (Å²) in [5.74, 6) is 0.853. The highest BCUT2D eigenvalue weighted by Crippen LogP contribution is 2.23. The summed E-state index contributed by atoms with van der Waals surface area (Å²) in [4.78, 5) is 4.55. The SMILES string of the molecule is NCc1cc(-c2ccccc2)cnc1NCc1ccccc1. The van der Waals surface area contributed by atoms with Crippen LogP contribution in [-0.4, -0.2) is 4.98 Å². The van der Waals surface area contributed by atoms with Crippen molar-refractivity contribution < 1.29 is 0 Å². The van der Waals surface area contributed by atoms with Gasteiger partial charge in [0.2, 0.25) is 0 Å². The summed E-state index contributed by atoms with van der Waals surface area (Å²) >= 11 is 0. The van der Waals surface area contributed by atoms with Crippen LogP contribution >= 0.6 is 0 Å². The summed E-state index contributed by atoms with van der Waals surface area (Å²) in [5.41, 5.74) is 10.4. The fraction of sp³-hybridized carbons (Fsp3) is 0.105. The molecular formula is C19H19N3. The van der Waals surface area contributed by atoms with Crippen LogP contribution in [0.1, 0.15) is 11.1 Å². The van der Waals surface area contributed by atoms with Crippen molar-refractivity contribution in [2.75, 3.05) is 5.32 Å². The van der Waals surface area contributed by atoms with E-state index in [4.69, 9.17) is 5.73 Å². The molecule has 2 aromatic carbocycles. The number of nitrogens with one attached hydrogen (secondary N) is 1. The molecule has 0 aliphatic heterocycles. The predicted octanol–water partition coefficient (Wildman–Crippen LogP) is 3.82. The van der Waals surface area contributed by atoms with Crippen molar-refractivity contribution in [1.82, 2.24) is 4.98 Å². The van der Waals surface area contributed by atoms with Gasteiger partial charge in [-0.15, -0.1) is 0 Å². The van der Waals surface area contributed by atoms with Crippen LogP contribution in [0.3, 0.4) is 0 Å². The molecule has 3 N–H and O–H groups in total. The van der Waals surface area contributed by atoms with E-state index in [0.717, 1.165) is 29.1 Å². The summed E-state index contributed by atoms with van der Waals surface area (Å²) in [6.45, 7) is 1.20. The number of hydrogen-bond donors (Lipinski definition) is 2. The molecule has 3 heteroatoms. The Morgan fingerprint density at radius 3 is 2.23 bits per heavy atom. The van der Waals surface area contributed by atoms with Crippen molar-refractivity contribution in [3.8, 4) is 11.1 Å². The van der Waals surface area contributed by atoms with Crippen LogP contribution in [0.2, 0.25) is 0 Å². The van der Waals surface area contributed by atoms with Crippen LogP contribution in [-0.2, 0) is 13.1 Å². The van der Waals surface area contributed by atoms with Crippen molar-refractivity contribution in [2.45, 2.75) is 13.1 Å². The zero-order chi connectivity index (χ0) is 15.2. The highest BCUT2D eigenvalue weighted by molar-refractivity contribution is 5.65. The highest BCUT2D eigenvalue weighted by atomic mass is 15.0. The third kappa shape index (κ3) is 3.32. The number of rotatable bonds is 5. The maximum Gasteiger partial charge on any atom is 0.130 e. The van der Waals surface area contributed by atoms with Gasteiger partial charge in [-0.3, -0.25) is 0 Å². The Labute approximate surface area is 130 Å². The Kier molecular flexibility index (Phi) is 4.47. The van der Waals surface area contributed by atoms with E-state index in [9.17, 15) is 0 Å². The van der Waals surface area contributed by atoms with Gasteiger partial charge in [-0.2, -0.15) is 0 Å². The van der Waals surface area contributed by atoms with Gasteiger partial charge in [0.15, 0.2) is 0 Å². The molecule has 0 saturated carbocycles. The molecule has 0 aliphatic carbocycles. The molecule has 22 heavy (non-hydrogen) atoms. The first kappa shape index (κ1) is 14.3. The van der Waals surface area contributed by atoms with E-state index in [1.807, 2.05) is 42.6 Å². The van der Waals surface area contributed by atoms with E-state index < -0.39 is 0 Å². The van der Waals surface area contributed by atoms with E-state index in [2.05, 4.69) is 40.6 Å². The smallest absolute Gasteiger partial charge is 0.130 e. The van der Waals surface area contributed by atoms with Crippen molar-refractivity contribution >= 4 is 5.82 Å². The topological polar surface area (TPSA) is 50.9 Å². The number of nitrogens with zero attached hydrogens (tertiary/aromatic N) is 1. The maximum atomic E-state index is 5.89. The number of aromatic nitrogens is 1. The first-order chi connectivity index (χ1) is 10.9. The average molecular weight is 289 g/mol. The van der Waals surface area contributed by atoms with E-state index in [0.29, 0.717) is 6.54 Å². The number of benzene rings is 2. The minimum absolute atomic E-state index is 0.463. The molecule has 0 spiro atoms. The van der Waals surface area contributed by atoms with Crippen molar-refractivity contribution in [3.05, 3.63) is 84.1 Å². The lowest BCUT2D eigenvalue weighted by Crippen LogP contribution is -2.07. The van der Waals surface area contributed by atoms with Gasteiger partial charge in [-0.1, -0.05) is 60.7 Å². The van der Waals surface area contributed by atoms with Crippen molar-refractivity contribution in [2.24, 2.45) is 5.73 Å². The molecule has 0 atom stereocenters. The molecule has 0 radical (unpaired) electrons. The van der Waals surface area contributed by atoms with Crippen LogP contribution in [0.5, 0.6) is 0 Å². The van der Waals surface area contributed by atoms with Gasteiger partial charge in [-0.05, 0) is 17.2 Å². The standard InChI is InChI=1S/C19H19N3/c20-12-17-11-18(16-9-5-2-6-10-16)14-22-19(17)21-13-15-7-3-1-4-8-15/h1-11,14H,12-13,20H2,(H,21,22). The Morgan fingerprint density at radius 1 is 0.864 bits per heavy atom. The molecule has 0 aliphatic rings. The van der Waals surface area contributed by atoms with Gasteiger partial charge in [0, 0.05) is 30.4 Å². The summed E-state index contributed by atoms with van der Waals surface area (Å²) < 4.78 is 0. The molecule has 0 saturated heterocycles. The van der Waals surface area contributed by atoms with Gasteiger partial charge in [-0.25, -0.2) is 4.98 Å². The minimum atomic E-state index is 0.463. The molecule has 0 amide bonds. The van der Waals surface area contributed by atoms with Crippen molar-refractivity contribution in [3.63, 3.8) is 0 Å². The summed E-state index contributed by atoms with van der Waals surface area (Å²) in [7, 11) is 0. The van der Waals surface area contributed by atoms with Crippen LogP contribution < -0.4 is 11.1 Å². The van der Waals surface area contributed by atoms with E-state index in [-0.39, 0.29) is 0 Å². The molecule has 3 nitrogen and oxygen atoms in total. The highest BCUT2D eigenvalue weighted by Gasteiger charge is 2.06. The first-order valence-electron chi connectivity index (χ1n) is 7.39. The third-order valence-electron chi connectivity index (χ3n) is 3.60. The Hall–Kier alpha value is -2.65. The van der Waals surface area contributed by atoms with Crippen LogP contribution in [0.25, 0.3) is 11.1 Å². The van der Waals surface area contributed by atoms with Gasteiger partial charge in [0.05, 0.1) is 0 Å². The van der Waals surface area contributed by atoms with E-state index in [1.165, 1.54) is 5.56 Å². The largest absolute Gasteiger partial charge is 0.366 e. The average Bonchev–Trinajstić information content (AvgIpc) is 2.61. The summed E-state index contributed by atoms with van der Waals surface area (Å²) in [6.07, 6.45) is 1.89. The second-order valence-corrected chi connectivity index (χ2v) is 5.14. The second kappa shape index (κ2) is 6.87. The molecular weight excluding hydrogens is 270 g/mol. The monoisotopic (exact) mass is 289 g/mol. The number of nitrogens with two attached hydrogens (primary N) is 1. The third-order valence-corrected chi connectivity index (χ3v) is 3.60. The van der Waals surface area contributed by atoms with Crippen molar-refractivity contribution in [1.29, 1.82) is 0 Å². The second-order valence-electron chi connectivity index (χ2n) is 5.14. The molecule has 0 bridgehead atoms. The quantitative estimate of drug-likeness (QED) is 0.750. The molecule has 3 rings (SSSR count). The van der Waals surface area contributed by atoms with Gasteiger partial charge >= 0.3 is 0 Å². The summed E-state index contributed by atoms with van der Waals surface area (Å²) in [6, 6.07) is 22.6. The van der Waals surface area contributed by atoms with E-state index in [1.54, 1.807) is 0 Å². The Morgan fingerprint density at radius 2 is 1.55 bits per heavy atom. The maximum absolute atomic E-state index is 5.89. The number of hydrogen-bond acceptors (Lipinski definition) is 3. The predicted molar refractivity (Wildman–Crippen MR) is 91.3 cm³/mol. The van der Waals surface area contributed by atoms with E-state index >= 15 is 0 Å². The Bertz CT molecular complexity index is 724. The van der Waals surface area contributed by atoms with Crippen LogP contribution in [0.15, 0.2) is 72.9 Å². The normalized spacial score (nSPS) is 10.4. The van der Waals surface area contributed by atoms with Crippen LogP contribution in [0, 0.1) is 0 Å². The number of pyridine rings is 1. The first-order valence-corrected chi connectivity index (χ1v) is 7.39. The molecule has 3 aromatic rings. The number of anilines is 1. The van der Waals surface area contributed by atoms with Crippen LogP contribution in [0.4, 0.5) is 5.82 Å². The van der Waals surface area contributed by atoms with Gasteiger partial charge in [0.25, 0.3) is 0 Å². The zero-order valence-corrected chi connectivity index (χ0v) is 12.4. The fourth-order valence-corrected chi connectivity index (χ4v) is 2.40. The lowest BCUT2D eigenvalue weighted by atomic mass is 10.1. The molecule has 0 unspecified atom stereocenters.